The van der Waals surface area contributed by atoms with E-state index in [-0.39, 0.29) is 11.4 Å². The Bertz CT molecular complexity index is 1180. The van der Waals surface area contributed by atoms with Crippen LogP contribution in [0.2, 0.25) is 0 Å². The number of thioether (sulfide) groups is 1. The lowest BCUT2D eigenvalue weighted by atomic mass is 10.0. The minimum absolute atomic E-state index is 0.234. The Balaban J connectivity index is 1.81. The normalized spacial score (nSPS) is 14.5. The molecule has 0 saturated carbocycles. The lowest BCUT2D eigenvalue weighted by Crippen LogP contribution is -2.36. The van der Waals surface area contributed by atoms with Crippen LogP contribution in [-0.2, 0) is 16.0 Å². The van der Waals surface area contributed by atoms with Gasteiger partial charge in [-0.15, -0.1) is 6.58 Å². The summed E-state index contributed by atoms with van der Waals surface area (Å²) < 4.78 is 10.9. The maximum atomic E-state index is 12.9. The highest BCUT2D eigenvalue weighted by molar-refractivity contribution is 8.18. The number of rotatable bonds is 8. The molecule has 0 atom stereocenters. The number of nitrogens with one attached hydrogen (secondary N) is 1. The van der Waals surface area contributed by atoms with Crippen LogP contribution in [0.3, 0.4) is 0 Å². The van der Waals surface area contributed by atoms with Gasteiger partial charge in [-0.2, -0.15) is 0 Å². The standard InChI is InChI=1S/C26H28N2O5S/c1-7-8-19-11-18(12-20(32-5)24(19)33-6)13-21-25(30)28(26(31)34-21)14-22(29)27-23-16(3)9-15(2)10-17(23)4/h7,9-13H,1,8,14H2,2-6H3,(H,27,29)/b21-13-. The molecule has 0 spiro atoms. The molecule has 3 rings (SSSR count). The minimum Gasteiger partial charge on any atom is -0.493 e. The van der Waals surface area contributed by atoms with Crippen LogP contribution in [0.1, 0.15) is 27.8 Å². The molecule has 178 valence electrons. The summed E-state index contributed by atoms with van der Waals surface area (Å²) in [7, 11) is 3.09. The highest BCUT2D eigenvalue weighted by Crippen LogP contribution is 2.37. The summed E-state index contributed by atoms with van der Waals surface area (Å²) in [6.45, 7) is 9.20. The van der Waals surface area contributed by atoms with Crippen molar-refractivity contribution >= 4 is 40.6 Å². The third-order valence-corrected chi connectivity index (χ3v) is 6.26. The van der Waals surface area contributed by atoms with Crippen molar-refractivity contribution in [2.45, 2.75) is 27.2 Å². The number of ether oxygens (including phenoxy) is 2. The van der Waals surface area contributed by atoms with E-state index >= 15 is 0 Å². The van der Waals surface area contributed by atoms with Crippen LogP contribution in [-0.4, -0.2) is 42.7 Å². The van der Waals surface area contributed by atoms with E-state index in [1.807, 2.05) is 39.0 Å². The van der Waals surface area contributed by atoms with Gasteiger partial charge in [0.25, 0.3) is 11.1 Å². The number of allylic oxidation sites excluding steroid dienone is 1. The van der Waals surface area contributed by atoms with Crippen LogP contribution in [0, 0.1) is 20.8 Å². The maximum Gasteiger partial charge on any atom is 0.294 e. The second-order valence-electron chi connectivity index (χ2n) is 8.00. The first-order valence-electron chi connectivity index (χ1n) is 10.7. The van der Waals surface area contributed by atoms with Gasteiger partial charge in [0.1, 0.15) is 6.54 Å². The zero-order chi connectivity index (χ0) is 25.0. The van der Waals surface area contributed by atoms with Crippen molar-refractivity contribution in [2.75, 3.05) is 26.1 Å². The highest BCUT2D eigenvalue weighted by Gasteiger charge is 2.36. The zero-order valence-electron chi connectivity index (χ0n) is 20.0. The first-order chi connectivity index (χ1) is 16.2. The Kier molecular flexibility index (Phi) is 7.83. The minimum atomic E-state index is -0.512. The Labute approximate surface area is 203 Å². The lowest BCUT2D eigenvalue weighted by molar-refractivity contribution is -0.127. The molecule has 1 saturated heterocycles. The van der Waals surface area contributed by atoms with Gasteiger partial charge in [0.2, 0.25) is 5.91 Å². The molecule has 34 heavy (non-hydrogen) atoms. The van der Waals surface area contributed by atoms with Gasteiger partial charge in [0.15, 0.2) is 11.5 Å². The van der Waals surface area contributed by atoms with Crippen molar-refractivity contribution in [1.82, 2.24) is 4.90 Å². The number of imide groups is 1. The fraction of sp³-hybridized carbons (Fsp3) is 0.269. The van der Waals surface area contributed by atoms with Gasteiger partial charge in [-0.05, 0) is 73.9 Å². The second kappa shape index (κ2) is 10.6. The molecule has 1 heterocycles. The monoisotopic (exact) mass is 480 g/mol. The quantitative estimate of drug-likeness (QED) is 0.421. The molecule has 1 aliphatic rings. The molecule has 3 amide bonds. The SMILES string of the molecule is C=CCc1cc(/C=C2\SC(=O)N(CC(=O)Nc3c(C)cc(C)cc3C)C2=O)cc(OC)c1OC. The first kappa shape index (κ1) is 25.1. The van der Waals surface area contributed by atoms with E-state index in [0.29, 0.717) is 29.2 Å². The number of carbonyl (C=O) groups excluding carboxylic acids is 3. The smallest absolute Gasteiger partial charge is 0.294 e. The third kappa shape index (κ3) is 5.34. The molecule has 0 aliphatic carbocycles. The molecule has 0 bridgehead atoms. The average molecular weight is 481 g/mol. The number of nitrogens with zero attached hydrogens (tertiary/aromatic N) is 1. The Hall–Kier alpha value is -3.52. The summed E-state index contributed by atoms with van der Waals surface area (Å²) in [5.74, 6) is 0.155. The molecule has 7 nitrogen and oxygen atoms in total. The molecule has 0 unspecified atom stereocenters. The number of anilines is 1. The van der Waals surface area contributed by atoms with Crippen LogP contribution in [0.15, 0.2) is 41.8 Å². The van der Waals surface area contributed by atoms with Crippen LogP contribution in [0.25, 0.3) is 6.08 Å². The van der Waals surface area contributed by atoms with Gasteiger partial charge in [-0.3, -0.25) is 19.3 Å². The Morgan fingerprint density at radius 2 is 1.76 bits per heavy atom. The molecular weight excluding hydrogens is 452 g/mol. The van der Waals surface area contributed by atoms with Crippen LogP contribution >= 0.6 is 11.8 Å². The Morgan fingerprint density at radius 1 is 1.09 bits per heavy atom. The van der Waals surface area contributed by atoms with Crippen LogP contribution in [0.4, 0.5) is 10.5 Å². The third-order valence-electron chi connectivity index (χ3n) is 5.36. The van der Waals surface area contributed by atoms with E-state index in [2.05, 4.69) is 11.9 Å². The molecule has 8 heteroatoms. The van der Waals surface area contributed by atoms with Crippen molar-refractivity contribution in [3.05, 3.63) is 69.6 Å². The number of methoxy groups -OCH3 is 2. The lowest BCUT2D eigenvalue weighted by Gasteiger charge is -2.16. The number of hydrogen-bond acceptors (Lipinski definition) is 6. The fourth-order valence-corrected chi connectivity index (χ4v) is 4.78. The predicted molar refractivity (Wildman–Crippen MR) is 135 cm³/mol. The van der Waals surface area contributed by atoms with E-state index in [9.17, 15) is 14.4 Å². The molecule has 0 aromatic heterocycles. The highest BCUT2D eigenvalue weighted by atomic mass is 32.2. The summed E-state index contributed by atoms with van der Waals surface area (Å²) in [4.78, 5) is 39.3. The molecule has 1 fully saturated rings. The number of amides is 3. The largest absolute Gasteiger partial charge is 0.493 e. The summed E-state index contributed by atoms with van der Waals surface area (Å²) >= 11 is 0.802. The van der Waals surface area contributed by atoms with E-state index in [1.54, 1.807) is 25.3 Å². The van der Waals surface area contributed by atoms with Crippen LogP contribution in [0.5, 0.6) is 11.5 Å². The summed E-state index contributed by atoms with van der Waals surface area (Å²) in [5, 5.41) is 2.34. The molecule has 1 aliphatic heterocycles. The molecular formula is C26H28N2O5S. The summed E-state index contributed by atoms with van der Waals surface area (Å²) in [6, 6.07) is 7.52. The summed E-state index contributed by atoms with van der Waals surface area (Å²) in [6.07, 6.45) is 3.90. The topological polar surface area (TPSA) is 84.9 Å². The Morgan fingerprint density at radius 3 is 2.35 bits per heavy atom. The maximum absolute atomic E-state index is 12.9. The second-order valence-corrected chi connectivity index (χ2v) is 8.99. The number of benzene rings is 2. The van der Waals surface area contributed by atoms with E-state index < -0.39 is 17.1 Å². The zero-order valence-corrected chi connectivity index (χ0v) is 20.8. The van der Waals surface area contributed by atoms with Gasteiger partial charge in [0, 0.05) is 11.3 Å². The fourth-order valence-electron chi connectivity index (χ4n) is 3.94. The molecule has 0 radical (unpaired) electrons. The number of carbonyl (C=O) groups is 3. The molecule has 2 aromatic rings. The van der Waals surface area contributed by atoms with Crippen molar-refractivity contribution in [2.24, 2.45) is 0 Å². The van der Waals surface area contributed by atoms with Gasteiger partial charge in [-0.1, -0.05) is 23.8 Å². The predicted octanol–water partition coefficient (Wildman–Crippen LogP) is 5.03. The van der Waals surface area contributed by atoms with Gasteiger partial charge < -0.3 is 14.8 Å². The van der Waals surface area contributed by atoms with E-state index in [0.717, 1.165) is 38.9 Å². The van der Waals surface area contributed by atoms with E-state index in [1.165, 1.54) is 7.11 Å². The number of hydrogen-bond donors (Lipinski definition) is 1. The van der Waals surface area contributed by atoms with Gasteiger partial charge >= 0.3 is 0 Å². The molecule has 2 aromatic carbocycles. The van der Waals surface area contributed by atoms with Gasteiger partial charge in [-0.25, -0.2) is 0 Å². The van der Waals surface area contributed by atoms with Crippen molar-refractivity contribution in [3.8, 4) is 11.5 Å². The van der Waals surface area contributed by atoms with Crippen molar-refractivity contribution < 1.29 is 23.9 Å². The van der Waals surface area contributed by atoms with Crippen molar-refractivity contribution in [1.29, 1.82) is 0 Å². The van der Waals surface area contributed by atoms with Crippen molar-refractivity contribution in [3.63, 3.8) is 0 Å². The van der Waals surface area contributed by atoms with E-state index in [4.69, 9.17) is 9.47 Å². The summed E-state index contributed by atoms with van der Waals surface area (Å²) in [5.41, 5.74) is 5.14. The average Bonchev–Trinajstić information content (AvgIpc) is 3.03. The first-order valence-corrected chi connectivity index (χ1v) is 11.5. The molecule has 1 N–H and O–H groups in total. The van der Waals surface area contributed by atoms with Crippen LogP contribution < -0.4 is 14.8 Å². The number of aryl methyl sites for hydroxylation is 3. The van der Waals surface area contributed by atoms with Gasteiger partial charge in [0.05, 0.1) is 19.1 Å².